The molecule has 1 aliphatic carbocycles. The summed E-state index contributed by atoms with van der Waals surface area (Å²) < 4.78 is 0. The average Bonchev–Trinajstić information content (AvgIpc) is 2.75. The summed E-state index contributed by atoms with van der Waals surface area (Å²) in [5.74, 6) is 0.170. The van der Waals surface area contributed by atoms with Gasteiger partial charge in [0.05, 0.1) is 23.3 Å². The van der Waals surface area contributed by atoms with Gasteiger partial charge in [0, 0.05) is 30.4 Å². The van der Waals surface area contributed by atoms with Crippen molar-refractivity contribution in [3.63, 3.8) is 0 Å². The second-order valence-electron chi connectivity index (χ2n) is 5.96. The monoisotopic (exact) mass is 367 g/mol. The summed E-state index contributed by atoms with van der Waals surface area (Å²) in [5.41, 5.74) is 3.02. The fraction of sp³-hybridized carbons (Fsp3) is 0. The summed E-state index contributed by atoms with van der Waals surface area (Å²) in [7, 11) is 0. The maximum atomic E-state index is 12.7. The van der Waals surface area contributed by atoms with Crippen molar-refractivity contribution in [2.24, 2.45) is 0 Å². The minimum Gasteiger partial charge on any atom is -0.872 e. The normalized spacial score (nSPS) is 15.1. The van der Waals surface area contributed by atoms with Crippen LogP contribution < -0.4 is 10.4 Å². The number of nitrogens with zero attached hydrogens (tertiary/aromatic N) is 4. The molecule has 3 aromatic rings. The summed E-state index contributed by atoms with van der Waals surface area (Å²) >= 11 is 0. The van der Waals surface area contributed by atoms with Crippen LogP contribution in [0.5, 0.6) is 0 Å². The van der Waals surface area contributed by atoms with Gasteiger partial charge in [-0.05, 0) is 47.6 Å². The zero-order valence-corrected chi connectivity index (χ0v) is 14.7. The van der Waals surface area contributed by atoms with Gasteiger partial charge in [0.25, 0.3) is 0 Å². The van der Waals surface area contributed by atoms with E-state index in [0.29, 0.717) is 22.8 Å². The van der Waals surface area contributed by atoms with Gasteiger partial charge in [-0.2, -0.15) is 0 Å². The molecule has 0 saturated carbocycles. The number of pyridine rings is 2. The molecule has 4 rings (SSSR count). The van der Waals surface area contributed by atoms with Gasteiger partial charge in [-0.15, -0.1) is 0 Å². The fourth-order valence-corrected chi connectivity index (χ4v) is 2.69. The second-order valence-corrected chi connectivity index (χ2v) is 5.96. The first kappa shape index (κ1) is 17.3. The number of anilines is 2. The van der Waals surface area contributed by atoms with Crippen LogP contribution in [0.15, 0.2) is 85.1 Å². The van der Waals surface area contributed by atoms with E-state index in [-0.39, 0.29) is 11.5 Å². The van der Waals surface area contributed by atoms with Crippen LogP contribution in [0.1, 0.15) is 11.3 Å². The summed E-state index contributed by atoms with van der Waals surface area (Å²) in [5, 5.41) is 23.9. The Morgan fingerprint density at radius 2 is 1.79 bits per heavy atom. The highest BCUT2D eigenvalue weighted by molar-refractivity contribution is 6.16. The van der Waals surface area contributed by atoms with E-state index in [4.69, 9.17) is 5.41 Å². The summed E-state index contributed by atoms with van der Waals surface area (Å²) in [6.07, 6.45) is 13.1. The highest BCUT2D eigenvalue weighted by Crippen LogP contribution is 2.25. The van der Waals surface area contributed by atoms with E-state index in [1.165, 1.54) is 6.20 Å². The maximum Gasteiger partial charge on any atom is 0.227 e. The van der Waals surface area contributed by atoms with Crippen molar-refractivity contribution in [3.8, 4) is 0 Å². The third-order valence-electron chi connectivity index (χ3n) is 4.06. The molecule has 0 saturated heterocycles. The van der Waals surface area contributed by atoms with Gasteiger partial charge in [-0.1, -0.05) is 17.9 Å². The molecular formula is C21H15N6O-. The largest absolute Gasteiger partial charge is 0.872 e. The first-order valence-corrected chi connectivity index (χ1v) is 8.51. The molecule has 0 bridgehead atoms. The van der Waals surface area contributed by atoms with Crippen molar-refractivity contribution in [3.05, 3.63) is 96.4 Å². The minimum absolute atomic E-state index is 0.153. The molecule has 136 valence electrons. The van der Waals surface area contributed by atoms with Crippen LogP contribution in [-0.4, -0.2) is 25.6 Å². The lowest BCUT2D eigenvalue weighted by Gasteiger charge is -2.20. The number of hydrogen-bond acceptors (Lipinski definition) is 7. The molecule has 28 heavy (non-hydrogen) atoms. The van der Waals surface area contributed by atoms with Crippen molar-refractivity contribution in [1.29, 1.82) is 5.41 Å². The summed E-state index contributed by atoms with van der Waals surface area (Å²) in [6.45, 7) is 0. The first-order valence-electron chi connectivity index (χ1n) is 8.51. The van der Waals surface area contributed by atoms with E-state index >= 15 is 0 Å². The Hall–Kier alpha value is -4.13. The van der Waals surface area contributed by atoms with Gasteiger partial charge in [0.15, 0.2) is 0 Å². The molecule has 0 aromatic carbocycles. The van der Waals surface area contributed by atoms with Gasteiger partial charge in [0.2, 0.25) is 5.95 Å². The predicted octanol–water partition coefficient (Wildman–Crippen LogP) is 2.75. The molecule has 2 N–H and O–H groups in total. The molecule has 7 heteroatoms. The molecule has 1 aliphatic rings. The Balaban J connectivity index is 1.68. The summed E-state index contributed by atoms with van der Waals surface area (Å²) in [6, 6.07) is 8.81. The van der Waals surface area contributed by atoms with Crippen LogP contribution in [0.2, 0.25) is 0 Å². The lowest BCUT2D eigenvalue weighted by Crippen LogP contribution is -2.12. The van der Waals surface area contributed by atoms with Gasteiger partial charge in [-0.3, -0.25) is 9.97 Å². The third-order valence-corrected chi connectivity index (χ3v) is 4.06. The maximum absolute atomic E-state index is 12.7. The Labute approximate surface area is 161 Å². The van der Waals surface area contributed by atoms with Gasteiger partial charge in [0.1, 0.15) is 0 Å². The smallest absolute Gasteiger partial charge is 0.227 e. The number of hydrogen-bond donors (Lipinski definition) is 2. The molecule has 7 nitrogen and oxygen atoms in total. The SMILES string of the molecule is N=C1C=CC(c2ccnc(Nc3cccnc3)n2)=C/C1=C(/[O-])c1cccnc1. The number of aromatic nitrogens is 4. The molecule has 0 aliphatic heterocycles. The van der Waals surface area contributed by atoms with Crippen molar-refractivity contribution >= 4 is 28.7 Å². The first-order chi connectivity index (χ1) is 13.7. The van der Waals surface area contributed by atoms with Gasteiger partial charge < -0.3 is 15.8 Å². The van der Waals surface area contributed by atoms with Crippen LogP contribution >= 0.6 is 0 Å². The van der Waals surface area contributed by atoms with Crippen LogP contribution in [0.3, 0.4) is 0 Å². The molecule has 0 amide bonds. The molecule has 0 spiro atoms. The van der Waals surface area contributed by atoms with E-state index in [9.17, 15) is 5.11 Å². The van der Waals surface area contributed by atoms with Crippen LogP contribution in [0, 0.1) is 5.41 Å². The number of rotatable bonds is 4. The van der Waals surface area contributed by atoms with Gasteiger partial charge in [-0.25, -0.2) is 9.97 Å². The fourth-order valence-electron chi connectivity index (χ4n) is 2.69. The predicted molar refractivity (Wildman–Crippen MR) is 106 cm³/mol. The standard InChI is InChI=1S/C21H16N6O/c22-18-6-5-14(11-17(18)20(28)15-3-1-8-23-12-15)19-7-10-25-21(27-19)26-16-4-2-9-24-13-16/h1-13,22,28H,(H,25,26,27)/p-1/b20-17-,22-18?. The van der Waals surface area contributed by atoms with Crippen LogP contribution in [0.25, 0.3) is 11.3 Å². The zero-order valence-electron chi connectivity index (χ0n) is 14.7. The van der Waals surface area contributed by atoms with Crippen molar-refractivity contribution in [1.82, 2.24) is 19.9 Å². The zero-order chi connectivity index (χ0) is 19.3. The molecule has 0 atom stereocenters. The highest BCUT2D eigenvalue weighted by atomic mass is 16.3. The minimum atomic E-state index is -0.247. The van der Waals surface area contributed by atoms with E-state index in [2.05, 4.69) is 25.3 Å². The topological polar surface area (TPSA) is 111 Å². The second kappa shape index (κ2) is 7.63. The Kier molecular flexibility index (Phi) is 4.71. The number of allylic oxidation sites excluding steroid dienone is 5. The molecule has 0 fully saturated rings. The molecular weight excluding hydrogens is 352 g/mol. The van der Waals surface area contributed by atoms with E-state index < -0.39 is 0 Å². The van der Waals surface area contributed by atoms with Crippen LogP contribution in [-0.2, 0) is 0 Å². The van der Waals surface area contributed by atoms with Crippen molar-refractivity contribution < 1.29 is 5.11 Å². The highest BCUT2D eigenvalue weighted by Gasteiger charge is 2.12. The molecule has 3 heterocycles. The summed E-state index contributed by atoms with van der Waals surface area (Å²) in [4.78, 5) is 16.8. The molecule has 0 unspecified atom stereocenters. The lowest BCUT2D eigenvalue weighted by molar-refractivity contribution is -0.244. The third kappa shape index (κ3) is 3.68. The lowest BCUT2D eigenvalue weighted by atomic mass is 9.95. The van der Waals surface area contributed by atoms with Gasteiger partial charge >= 0.3 is 0 Å². The van der Waals surface area contributed by atoms with E-state index in [1.54, 1.807) is 61.2 Å². The number of nitrogens with one attached hydrogen (secondary N) is 2. The Morgan fingerprint density at radius 1 is 0.964 bits per heavy atom. The molecule has 0 radical (unpaired) electrons. The van der Waals surface area contributed by atoms with Crippen molar-refractivity contribution in [2.45, 2.75) is 0 Å². The average molecular weight is 367 g/mol. The molecule has 3 aromatic heterocycles. The Morgan fingerprint density at radius 3 is 2.54 bits per heavy atom. The Bertz CT molecular complexity index is 1100. The van der Waals surface area contributed by atoms with E-state index in [0.717, 1.165) is 11.3 Å². The van der Waals surface area contributed by atoms with Crippen LogP contribution in [0.4, 0.5) is 11.6 Å². The van der Waals surface area contributed by atoms with E-state index in [1.807, 2.05) is 12.1 Å². The van der Waals surface area contributed by atoms with Crippen molar-refractivity contribution in [2.75, 3.05) is 5.32 Å². The quantitative estimate of drug-likeness (QED) is 0.686.